The summed E-state index contributed by atoms with van der Waals surface area (Å²) in [5, 5.41) is 9.17. The van der Waals surface area contributed by atoms with Crippen molar-refractivity contribution in [2.24, 2.45) is 7.05 Å². The molecule has 1 atom stereocenters. The van der Waals surface area contributed by atoms with E-state index in [4.69, 9.17) is 4.74 Å². The number of aryl methyl sites for hydroxylation is 1. The van der Waals surface area contributed by atoms with E-state index in [1.807, 2.05) is 54.9 Å². The van der Waals surface area contributed by atoms with Crippen LogP contribution in [0, 0.1) is 0 Å². The van der Waals surface area contributed by atoms with Gasteiger partial charge in [-0.05, 0) is 43.2 Å². The van der Waals surface area contributed by atoms with Crippen LogP contribution in [0.25, 0.3) is 0 Å². The lowest BCUT2D eigenvalue weighted by molar-refractivity contribution is 0.102. The molecule has 5 nitrogen and oxygen atoms in total. The topological polar surface area (TPSA) is 57.0 Å². The lowest BCUT2D eigenvalue weighted by atomic mass is 10.2. The number of benzene rings is 2. The van der Waals surface area contributed by atoms with Crippen LogP contribution in [0.4, 0.5) is 0 Å². The Bertz CT molecular complexity index is 939. The van der Waals surface area contributed by atoms with Gasteiger partial charge in [-0.2, -0.15) is 0 Å². The molecule has 0 unspecified atom stereocenters. The second kappa shape index (κ2) is 9.39. The van der Waals surface area contributed by atoms with Gasteiger partial charge in [-0.3, -0.25) is 4.79 Å². The number of carbonyl (C=O) groups excluding carboxylic acids is 1. The number of hydrogen-bond donors (Lipinski definition) is 0. The molecule has 0 saturated heterocycles. The van der Waals surface area contributed by atoms with Crippen LogP contribution in [0.3, 0.4) is 0 Å². The quantitative estimate of drug-likeness (QED) is 0.339. The van der Waals surface area contributed by atoms with Gasteiger partial charge in [0.25, 0.3) is 0 Å². The molecule has 0 bridgehead atoms. The number of nitrogens with zero attached hydrogens (tertiary/aromatic N) is 3. The van der Waals surface area contributed by atoms with Crippen LogP contribution < -0.4 is 4.74 Å². The van der Waals surface area contributed by atoms with Crippen LogP contribution in [0.1, 0.15) is 41.7 Å². The zero-order chi connectivity index (χ0) is 20.1. The molecular formula is C21H22BrN3O2S. The first-order valence-corrected chi connectivity index (χ1v) is 10.8. The van der Waals surface area contributed by atoms with Crippen LogP contribution in [0.15, 0.2) is 58.2 Å². The number of thioether (sulfide) groups is 1. The van der Waals surface area contributed by atoms with E-state index >= 15 is 0 Å². The Labute approximate surface area is 177 Å². The Morgan fingerprint density at radius 3 is 2.46 bits per heavy atom. The van der Waals surface area contributed by atoms with Crippen molar-refractivity contribution in [1.29, 1.82) is 0 Å². The molecule has 0 spiro atoms. The Balaban J connectivity index is 1.62. The first-order chi connectivity index (χ1) is 13.5. The fourth-order valence-corrected chi connectivity index (χ4v) is 3.79. The maximum atomic E-state index is 12.4. The summed E-state index contributed by atoms with van der Waals surface area (Å²) in [5.41, 5.74) is 1.96. The number of carbonyl (C=O) groups is 1. The standard InChI is InChI=1S/C21H22BrN3O2S/c1-4-15-5-11-18(12-6-15)27-14(2)20-23-24-21(25(20)3)28-13-19(26)16-7-9-17(22)10-8-16/h5-12,14H,4,13H2,1-3H3/t14-/m1/s1. The van der Waals surface area contributed by atoms with E-state index in [1.165, 1.54) is 17.3 Å². The molecule has 1 heterocycles. The maximum absolute atomic E-state index is 12.4. The second-order valence-electron chi connectivity index (χ2n) is 6.38. The maximum Gasteiger partial charge on any atom is 0.191 e. The van der Waals surface area contributed by atoms with Crippen LogP contribution in [0.2, 0.25) is 0 Å². The largest absolute Gasteiger partial charge is 0.483 e. The zero-order valence-corrected chi connectivity index (χ0v) is 18.5. The number of halogens is 1. The Morgan fingerprint density at radius 1 is 1.14 bits per heavy atom. The third kappa shape index (κ3) is 5.02. The van der Waals surface area contributed by atoms with Crippen molar-refractivity contribution in [1.82, 2.24) is 14.8 Å². The molecule has 0 amide bonds. The van der Waals surface area contributed by atoms with E-state index in [0.29, 0.717) is 16.5 Å². The van der Waals surface area contributed by atoms with Gasteiger partial charge in [-0.15, -0.1) is 10.2 Å². The first-order valence-electron chi connectivity index (χ1n) is 9.04. The van der Waals surface area contributed by atoms with Gasteiger partial charge in [-0.1, -0.05) is 58.9 Å². The van der Waals surface area contributed by atoms with Crippen molar-refractivity contribution >= 4 is 33.5 Å². The molecule has 3 aromatic rings. The Kier molecular flexibility index (Phi) is 6.91. The zero-order valence-electron chi connectivity index (χ0n) is 16.1. The van der Waals surface area contributed by atoms with E-state index < -0.39 is 0 Å². The second-order valence-corrected chi connectivity index (χ2v) is 8.23. The Hall–Kier alpha value is -2.12. The van der Waals surface area contributed by atoms with Crippen molar-refractivity contribution in [2.45, 2.75) is 31.5 Å². The average molecular weight is 460 g/mol. The van der Waals surface area contributed by atoms with E-state index in [0.717, 1.165) is 22.5 Å². The minimum absolute atomic E-state index is 0.0577. The van der Waals surface area contributed by atoms with Gasteiger partial charge in [0.2, 0.25) is 0 Å². The van der Waals surface area contributed by atoms with Gasteiger partial charge in [0, 0.05) is 17.1 Å². The van der Waals surface area contributed by atoms with Gasteiger partial charge in [0.1, 0.15) is 5.75 Å². The molecule has 0 saturated carbocycles. The number of rotatable bonds is 8. The third-order valence-electron chi connectivity index (χ3n) is 4.38. The summed E-state index contributed by atoms with van der Waals surface area (Å²) in [6.45, 7) is 4.07. The van der Waals surface area contributed by atoms with Gasteiger partial charge >= 0.3 is 0 Å². The molecule has 28 heavy (non-hydrogen) atoms. The van der Waals surface area contributed by atoms with Gasteiger partial charge in [0.15, 0.2) is 22.9 Å². The number of aromatic nitrogens is 3. The SMILES string of the molecule is CCc1ccc(O[C@H](C)c2nnc(SCC(=O)c3ccc(Br)cc3)n2C)cc1. The van der Waals surface area contributed by atoms with Crippen molar-refractivity contribution in [3.8, 4) is 5.75 Å². The molecule has 0 N–H and O–H groups in total. The summed E-state index contributed by atoms with van der Waals surface area (Å²) in [6.07, 6.45) is 0.750. The molecule has 0 aliphatic rings. The number of hydrogen-bond acceptors (Lipinski definition) is 5. The molecule has 0 aliphatic heterocycles. The smallest absolute Gasteiger partial charge is 0.191 e. The van der Waals surface area contributed by atoms with Gasteiger partial charge in [-0.25, -0.2) is 0 Å². The van der Waals surface area contributed by atoms with Crippen molar-refractivity contribution < 1.29 is 9.53 Å². The molecule has 7 heteroatoms. The van der Waals surface area contributed by atoms with E-state index in [9.17, 15) is 4.79 Å². The minimum Gasteiger partial charge on any atom is -0.483 e. The third-order valence-corrected chi connectivity index (χ3v) is 5.92. The highest BCUT2D eigenvalue weighted by Gasteiger charge is 2.18. The molecular weight excluding hydrogens is 438 g/mol. The van der Waals surface area contributed by atoms with Crippen molar-refractivity contribution in [3.05, 3.63) is 70.0 Å². The molecule has 0 aliphatic carbocycles. The summed E-state index contributed by atoms with van der Waals surface area (Å²) < 4.78 is 8.83. The van der Waals surface area contributed by atoms with Crippen molar-refractivity contribution in [3.63, 3.8) is 0 Å². The summed E-state index contributed by atoms with van der Waals surface area (Å²) in [6, 6.07) is 15.4. The van der Waals surface area contributed by atoms with Crippen LogP contribution in [-0.2, 0) is 13.5 Å². The number of ketones is 1. The highest BCUT2D eigenvalue weighted by atomic mass is 79.9. The lowest BCUT2D eigenvalue weighted by Gasteiger charge is -2.14. The number of ether oxygens (including phenoxy) is 1. The van der Waals surface area contributed by atoms with Crippen LogP contribution in [-0.4, -0.2) is 26.3 Å². The van der Waals surface area contributed by atoms with E-state index in [1.54, 1.807) is 0 Å². The number of Topliss-reactive ketones (excluding diaryl/α,β-unsaturated/α-hetero) is 1. The average Bonchev–Trinajstić information content (AvgIpc) is 3.08. The van der Waals surface area contributed by atoms with E-state index in [2.05, 4.69) is 45.2 Å². The Morgan fingerprint density at radius 2 is 1.82 bits per heavy atom. The van der Waals surface area contributed by atoms with Gasteiger partial charge < -0.3 is 9.30 Å². The van der Waals surface area contributed by atoms with E-state index in [-0.39, 0.29) is 11.9 Å². The monoisotopic (exact) mass is 459 g/mol. The molecule has 2 aromatic carbocycles. The van der Waals surface area contributed by atoms with Crippen LogP contribution in [0.5, 0.6) is 5.75 Å². The first kappa shape index (κ1) is 20.6. The minimum atomic E-state index is -0.249. The molecule has 3 rings (SSSR count). The molecule has 0 radical (unpaired) electrons. The summed E-state index contributed by atoms with van der Waals surface area (Å²) in [7, 11) is 1.89. The highest BCUT2D eigenvalue weighted by Crippen LogP contribution is 2.24. The molecule has 0 fully saturated rings. The fraction of sp³-hybridized carbons (Fsp3) is 0.286. The van der Waals surface area contributed by atoms with Crippen LogP contribution >= 0.6 is 27.7 Å². The normalized spacial score (nSPS) is 12.0. The van der Waals surface area contributed by atoms with Gasteiger partial charge in [0.05, 0.1) is 5.75 Å². The fourth-order valence-electron chi connectivity index (χ4n) is 2.72. The summed E-state index contributed by atoms with van der Waals surface area (Å²) >= 11 is 4.75. The van der Waals surface area contributed by atoms with Crippen molar-refractivity contribution in [2.75, 3.05) is 5.75 Å². The predicted molar refractivity (Wildman–Crippen MR) is 115 cm³/mol. The predicted octanol–water partition coefficient (Wildman–Crippen LogP) is 5.26. The molecule has 146 valence electrons. The highest BCUT2D eigenvalue weighted by molar-refractivity contribution is 9.10. The summed E-state index contributed by atoms with van der Waals surface area (Å²) in [4.78, 5) is 12.4. The lowest BCUT2D eigenvalue weighted by Crippen LogP contribution is -2.10. The molecule has 1 aromatic heterocycles. The summed E-state index contributed by atoms with van der Waals surface area (Å²) in [5.74, 6) is 1.88.